The molecule has 0 spiro atoms. The highest BCUT2D eigenvalue weighted by Crippen LogP contribution is 2.24. The van der Waals surface area contributed by atoms with Gasteiger partial charge in [-0.1, -0.05) is 6.92 Å². The van der Waals surface area contributed by atoms with E-state index in [9.17, 15) is 5.11 Å². The summed E-state index contributed by atoms with van der Waals surface area (Å²) in [7, 11) is 0. The maximum atomic E-state index is 9.65. The summed E-state index contributed by atoms with van der Waals surface area (Å²) in [6.45, 7) is 13.8. The molecule has 1 saturated heterocycles. The van der Waals surface area contributed by atoms with Crippen molar-refractivity contribution >= 4 is 0 Å². The molecule has 0 bridgehead atoms. The van der Waals surface area contributed by atoms with Gasteiger partial charge in [0.25, 0.3) is 0 Å². The van der Waals surface area contributed by atoms with Crippen molar-refractivity contribution in [3.8, 4) is 0 Å². The van der Waals surface area contributed by atoms with Crippen LogP contribution in [0.15, 0.2) is 11.5 Å². The lowest BCUT2D eigenvalue weighted by molar-refractivity contribution is -0.0279. The number of rotatable bonds is 7. The Balaban J connectivity index is 1.51. The van der Waals surface area contributed by atoms with E-state index in [4.69, 9.17) is 4.74 Å². The van der Waals surface area contributed by atoms with Gasteiger partial charge in [0.05, 0.1) is 12.7 Å². The molecule has 1 heterocycles. The van der Waals surface area contributed by atoms with Gasteiger partial charge < -0.3 is 20.1 Å². The zero-order valence-electron chi connectivity index (χ0n) is 13.8. The van der Waals surface area contributed by atoms with Gasteiger partial charge in [-0.2, -0.15) is 0 Å². The molecule has 0 aromatic rings. The molecule has 0 aromatic carbocycles. The average molecular weight is 297 g/mol. The smallest absolute Gasteiger partial charge is 0.182 e. The SMILES string of the molecule is CCN1CCN(CCOC2CC(NC(O)=C(C)C)C2)CC1. The molecule has 0 radical (unpaired) electrons. The molecule has 0 amide bonds. The third-order valence-corrected chi connectivity index (χ3v) is 4.58. The highest BCUT2D eigenvalue weighted by Gasteiger charge is 2.30. The van der Waals surface area contributed by atoms with E-state index in [-0.39, 0.29) is 0 Å². The lowest BCUT2D eigenvalue weighted by atomic mass is 9.89. The molecule has 1 aliphatic heterocycles. The molecule has 2 N–H and O–H groups in total. The van der Waals surface area contributed by atoms with E-state index in [2.05, 4.69) is 22.0 Å². The van der Waals surface area contributed by atoms with E-state index in [1.807, 2.05) is 13.8 Å². The summed E-state index contributed by atoms with van der Waals surface area (Å²) in [6.07, 6.45) is 2.37. The number of aliphatic hydroxyl groups excluding tert-OH is 1. The van der Waals surface area contributed by atoms with Crippen molar-refractivity contribution in [1.29, 1.82) is 0 Å². The van der Waals surface area contributed by atoms with E-state index in [0.29, 0.717) is 18.0 Å². The topological polar surface area (TPSA) is 48.0 Å². The summed E-state index contributed by atoms with van der Waals surface area (Å²) in [5.41, 5.74) is 0.936. The lowest BCUT2D eigenvalue weighted by Crippen LogP contribution is -2.48. The standard InChI is InChI=1S/C16H31N3O2/c1-4-18-5-7-19(8-6-18)9-10-21-15-11-14(12-15)17-16(20)13(2)3/h14-15,17,20H,4-12H2,1-3H3. The lowest BCUT2D eigenvalue weighted by Gasteiger charge is -2.37. The summed E-state index contributed by atoms with van der Waals surface area (Å²) >= 11 is 0. The minimum Gasteiger partial charge on any atom is -0.495 e. The fourth-order valence-electron chi connectivity index (χ4n) is 2.83. The molecule has 1 saturated carbocycles. The number of hydrogen-bond acceptors (Lipinski definition) is 5. The van der Waals surface area contributed by atoms with Crippen LogP contribution in [0.3, 0.4) is 0 Å². The quantitative estimate of drug-likeness (QED) is 0.699. The number of hydrogen-bond donors (Lipinski definition) is 2. The van der Waals surface area contributed by atoms with E-state index < -0.39 is 0 Å². The van der Waals surface area contributed by atoms with Gasteiger partial charge in [-0.3, -0.25) is 4.90 Å². The van der Waals surface area contributed by atoms with Crippen LogP contribution in [0.5, 0.6) is 0 Å². The molecule has 5 nitrogen and oxygen atoms in total. The predicted octanol–water partition coefficient (Wildman–Crippen LogP) is 1.57. The Kier molecular flexibility index (Phi) is 6.33. The largest absolute Gasteiger partial charge is 0.495 e. The average Bonchev–Trinajstić information content (AvgIpc) is 2.44. The van der Waals surface area contributed by atoms with Crippen LogP contribution in [0.4, 0.5) is 0 Å². The Labute approximate surface area is 128 Å². The molecule has 0 unspecified atom stereocenters. The highest BCUT2D eigenvalue weighted by molar-refractivity contribution is 5.02. The van der Waals surface area contributed by atoms with E-state index in [1.165, 1.54) is 32.7 Å². The number of piperazine rings is 1. The fourth-order valence-corrected chi connectivity index (χ4v) is 2.83. The van der Waals surface area contributed by atoms with Crippen LogP contribution < -0.4 is 5.32 Å². The zero-order valence-corrected chi connectivity index (χ0v) is 13.8. The van der Waals surface area contributed by atoms with Crippen molar-refractivity contribution < 1.29 is 9.84 Å². The number of likely N-dealkylation sites (N-methyl/N-ethyl adjacent to an activating group) is 1. The van der Waals surface area contributed by atoms with Crippen LogP contribution in [-0.2, 0) is 4.74 Å². The Morgan fingerprint density at radius 1 is 1.14 bits per heavy atom. The molecule has 1 aliphatic carbocycles. The molecule has 0 atom stereocenters. The first-order chi connectivity index (χ1) is 10.1. The third-order valence-electron chi connectivity index (χ3n) is 4.58. The number of aliphatic hydroxyl groups is 1. The summed E-state index contributed by atoms with van der Waals surface area (Å²) < 4.78 is 5.91. The second kappa shape index (κ2) is 8.01. The van der Waals surface area contributed by atoms with Crippen LogP contribution in [0.25, 0.3) is 0 Å². The minimum atomic E-state index is 0.326. The minimum absolute atomic E-state index is 0.326. The van der Waals surface area contributed by atoms with Gasteiger partial charge in [0.15, 0.2) is 5.88 Å². The van der Waals surface area contributed by atoms with Crippen molar-refractivity contribution in [2.75, 3.05) is 45.9 Å². The van der Waals surface area contributed by atoms with Crippen molar-refractivity contribution in [2.45, 2.75) is 45.8 Å². The second-order valence-electron chi connectivity index (χ2n) is 6.43. The van der Waals surface area contributed by atoms with Crippen molar-refractivity contribution in [2.24, 2.45) is 0 Å². The van der Waals surface area contributed by atoms with Gasteiger partial charge in [0.1, 0.15) is 0 Å². The number of ether oxygens (including phenoxy) is 1. The molecular formula is C16H31N3O2. The molecule has 2 fully saturated rings. The third kappa shape index (κ3) is 5.16. The van der Waals surface area contributed by atoms with Crippen molar-refractivity contribution in [3.05, 3.63) is 11.5 Å². The van der Waals surface area contributed by atoms with Gasteiger partial charge in [-0.05, 0) is 38.8 Å². The van der Waals surface area contributed by atoms with Crippen molar-refractivity contribution in [3.63, 3.8) is 0 Å². The highest BCUT2D eigenvalue weighted by atomic mass is 16.5. The molecule has 0 aromatic heterocycles. The Hall–Kier alpha value is -0.780. The van der Waals surface area contributed by atoms with Gasteiger partial charge in [0, 0.05) is 38.8 Å². The monoisotopic (exact) mass is 297 g/mol. The maximum absolute atomic E-state index is 9.65. The molecule has 2 aliphatic rings. The first-order valence-corrected chi connectivity index (χ1v) is 8.27. The molecule has 122 valence electrons. The molecular weight excluding hydrogens is 266 g/mol. The van der Waals surface area contributed by atoms with Crippen LogP contribution >= 0.6 is 0 Å². The van der Waals surface area contributed by atoms with Gasteiger partial charge in [-0.15, -0.1) is 0 Å². The Bertz CT molecular complexity index is 341. The fraction of sp³-hybridized carbons (Fsp3) is 0.875. The number of nitrogens with one attached hydrogen (secondary N) is 1. The molecule has 5 heteroatoms. The van der Waals surface area contributed by atoms with E-state index in [0.717, 1.165) is 31.6 Å². The summed E-state index contributed by atoms with van der Waals surface area (Å²) in [4.78, 5) is 4.99. The normalized spacial score (nSPS) is 27.2. The van der Waals surface area contributed by atoms with Gasteiger partial charge >= 0.3 is 0 Å². The zero-order chi connectivity index (χ0) is 15.2. The van der Waals surface area contributed by atoms with Crippen LogP contribution in [0.1, 0.15) is 33.6 Å². The second-order valence-corrected chi connectivity index (χ2v) is 6.43. The first-order valence-electron chi connectivity index (χ1n) is 8.27. The Morgan fingerprint density at radius 3 is 2.33 bits per heavy atom. The number of nitrogens with zero attached hydrogens (tertiary/aromatic N) is 2. The van der Waals surface area contributed by atoms with Crippen LogP contribution in [-0.4, -0.2) is 72.9 Å². The van der Waals surface area contributed by atoms with Crippen LogP contribution in [0.2, 0.25) is 0 Å². The summed E-state index contributed by atoms with van der Waals surface area (Å²) in [6, 6.07) is 0.373. The summed E-state index contributed by atoms with van der Waals surface area (Å²) in [5, 5.41) is 12.8. The van der Waals surface area contributed by atoms with E-state index in [1.54, 1.807) is 0 Å². The maximum Gasteiger partial charge on any atom is 0.182 e. The molecule has 2 rings (SSSR count). The van der Waals surface area contributed by atoms with Gasteiger partial charge in [-0.25, -0.2) is 0 Å². The Morgan fingerprint density at radius 2 is 1.76 bits per heavy atom. The van der Waals surface area contributed by atoms with E-state index >= 15 is 0 Å². The van der Waals surface area contributed by atoms with Crippen molar-refractivity contribution in [1.82, 2.24) is 15.1 Å². The first kappa shape index (κ1) is 16.6. The number of allylic oxidation sites excluding steroid dienone is 1. The van der Waals surface area contributed by atoms with Crippen LogP contribution in [0, 0.1) is 0 Å². The van der Waals surface area contributed by atoms with Gasteiger partial charge in [0.2, 0.25) is 0 Å². The summed E-state index contributed by atoms with van der Waals surface area (Å²) in [5.74, 6) is 0.326. The molecule has 21 heavy (non-hydrogen) atoms. The predicted molar refractivity (Wildman–Crippen MR) is 85.5 cm³/mol.